The summed E-state index contributed by atoms with van der Waals surface area (Å²) in [4.78, 5) is 23.0. The van der Waals surface area contributed by atoms with Gasteiger partial charge in [0.1, 0.15) is 5.60 Å². The van der Waals surface area contributed by atoms with E-state index in [2.05, 4.69) is 5.32 Å². The van der Waals surface area contributed by atoms with Crippen LogP contribution in [0.3, 0.4) is 0 Å². The molecule has 0 aromatic heterocycles. The van der Waals surface area contributed by atoms with Crippen molar-refractivity contribution in [2.75, 3.05) is 0 Å². The first-order valence-electron chi connectivity index (χ1n) is 6.56. The maximum Gasteiger partial charge on any atom is 0.407 e. The molecule has 0 aliphatic heterocycles. The van der Waals surface area contributed by atoms with Crippen LogP contribution in [0.5, 0.6) is 0 Å². The van der Waals surface area contributed by atoms with Crippen molar-refractivity contribution in [3.05, 3.63) is 11.6 Å². The number of allylic oxidation sites excluding steroid dienone is 1. The molecule has 2 rings (SSSR count). The van der Waals surface area contributed by atoms with E-state index in [1.165, 1.54) is 5.57 Å². The molecule has 0 saturated heterocycles. The van der Waals surface area contributed by atoms with E-state index in [0.717, 1.165) is 19.3 Å². The minimum absolute atomic E-state index is 0.113. The van der Waals surface area contributed by atoms with Gasteiger partial charge in [-0.2, -0.15) is 0 Å². The summed E-state index contributed by atoms with van der Waals surface area (Å²) in [5, 5.41) is 2.89. The minimum Gasteiger partial charge on any atom is -0.444 e. The SMILES string of the molecule is CC(C)(C)OC(=O)N[C@H]1CC2=CC(=O)CC[C@H]2C1. The molecule has 0 aromatic rings. The molecule has 2 aliphatic carbocycles. The highest BCUT2D eigenvalue weighted by Crippen LogP contribution is 2.37. The van der Waals surface area contributed by atoms with E-state index in [4.69, 9.17) is 4.74 Å². The van der Waals surface area contributed by atoms with Gasteiger partial charge in [0.2, 0.25) is 0 Å². The predicted octanol–water partition coefficient (Wildman–Crippen LogP) is 2.58. The molecular formula is C14H21NO3. The van der Waals surface area contributed by atoms with Gasteiger partial charge in [0.05, 0.1) is 0 Å². The lowest BCUT2D eigenvalue weighted by molar-refractivity contribution is -0.115. The van der Waals surface area contributed by atoms with Crippen LogP contribution in [0, 0.1) is 5.92 Å². The number of alkyl carbamates (subject to hydrolysis) is 1. The maximum atomic E-state index is 11.7. The Hall–Kier alpha value is -1.32. The lowest BCUT2D eigenvalue weighted by Gasteiger charge is -2.21. The van der Waals surface area contributed by atoms with Gasteiger partial charge in [0.15, 0.2) is 5.78 Å². The van der Waals surface area contributed by atoms with Crippen molar-refractivity contribution in [2.45, 2.75) is 58.1 Å². The molecule has 0 heterocycles. The topological polar surface area (TPSA) is 55.4 Å². The first-order valence-corrected chi connectivity index (χ1v) is 6.56. The number of carbonyl (C=O) groups is 2. The summed E-state index contributed by atoms with van der Waals surface area (Å²) in [5.41, 5.74) is 0.734. The normalized spacial score (nSPS) is 27.5. The number of nitrogens with one attached hydrogen (secondary N) is 1. The molecule has 0 unspecified atom stereocenters. The first-order chi connectivity index (χ1) is 8.33. The number of carbonyl (C=O) groups excluding carboxylic acids is 2. The Morgan fingerprint density at radius 1 is 1.44 bits per heavy atom. The number of fused-ring (bicyclic) bond motifs is 1. The number of ether oxygens (including phenoxy) is 1. The summed E-state index contributed by atoms with van der Waals surface area (Å²) in [7, 11) is 0. The third-order valence-electron chi connectivity index (χ3n) is 3.38. The van der Waals surface area contributed by atoms with Crippen LogP contribution in [0.15, 0.2) is 11.6 Å². The molecule has 1 amide bonds. The van der Waals surface area contributed by atoms with E-state index in [1.54, 1.807) is 6.08 Å². The van der Waals surface area contributed by atoms with E-state index in [-0.39, 0.29) is 17.9 Å². The Labute approximate surface area is 108 Å². The van der Waals surface area contributed by atoms with Crippen molar-refractivity contribution in [2.24, 2.45) is 5.92 Å². The summed E-state index contributed by atoms with van der Waals surface area (Å²) in [6, 6.07) is 0.113. The number of amides is 1. The quantitative estimate of drug-likeness (QED) is 0.779. The van der Waals surface area contributed by atoms with E-state index >= 15 is 0 Å². The highest BCUT2D eigenvalue weighted by molar-refractivity contribution is 5.91. The Bertz CT molecular complexity index is 392. The van der Waals surface area contributed by atoms with Gasteiger partial charge < -0.3 is 10.1 Å². The average molecular weight is 251 g/mol. The van der Waals surface area contributed by atoms with Crippen LogP contribution in [-0.4, -0.2) is 23.5 Å². The Morgan fingerprint density at radius 2 is 2.17 bits per heavy atom. The van der Waals surface area contributed by atoms with Crippen LogP contribution in [0.1, 0.15) is 46.5 Å². The first kappa shape index (κ1) is 13.1. The zero-order valence-corrected chi connectivity index (χ0v) is 11.3. The van der Waals surface area contributed by atoms with Gasteiger partial charge in [0, 0.05) is 12.5 Å². The molecule has 100 valence electrons. The van der Waals surface area contributed by atoms with Gasteiger partial charge in [-0.3, -0.25) is 4.79 Å². The number of hydrogen-bond acceptors (Lipinski definition) is 3. The summed E-state index contributed by atoms with van der Waals surface area (Å²) in [6.07, 6.45) is 4.70. The fraction of sp³-hybridized carbons (Fsp3) is 0.714. The number of rotatable bonds is 1. The van der Waals surface area contributed by atoms with Crippen LogP contribution in [0.4, 0.5) is 4.79 Å². The lowest BCUT2D eigenvalue weighted by Crippen LogP contribution is -2.37. The van der Waals surface area contributed by atoms with Gasteiger partial charge in [0.25, 0.3) is 0 Å². The third-order valence-corrected chi connectivity index (χ3v) is 3.38. The summed E-state index contributed by atoms with van der Waals surface area (Å²) in [6.45, 7) is 5.55. The van der Waals surface area contributed by atoms with Gasteiger partial charge in [-0.1, -0.05) is 5.57 Å². The molecule has 2 atom stereocenters. The van der Waals surface area contributed by atoms with Gasteiger partial charge in [-0.05, 0) is 52.0 Å². The Balaban J connectivity index is 1.88. The zero-order chi connectivity index (χ0) is 13.3. The van der Waals surface area contributed by atoms with Crippen LogP contribution >= 0.6 is 0 Å². The summed E-state index contributed by atoms with van der Waals surface area (Å²) >= 11 is 0. The molecule has 0 aromatic carbocycles. The van der Waals surface area contributed by atoms with Gasteiger partial charge >= 0.3 is 6.09 Å². The molecule has 1 N–H and O–H groups in total. The van der Waals surface area contributed by atoms with E-state index < -0.39 is 5.60 Å². The van der Waals surface area contributed by atoms with E-state index in [0.29, 0.717) is 12.3 Å². The van der Waals surface area contributed by atoms with Gasteiger partial charge in [-0.25, -0.2) is 4.79 Å². The lowest BCUT2D eigenvalue weighted by atomic mass is 9.90. The van der Waals surface area contributed by atoms with Crippen molar-refractivity contribution in [3.63, 3.8) is 0 Å². The average Bonchev–Trinajstić information content (AvgIpc) is 2.55. The molecule has 4 nitrogen and oxygen atoms in total. The Morgan fingerprint density at radius 3 is 2.83 bits per heavy atom. The monoisotopic (exact) mass is 251 g/mol. The number of hydrogen-bond donors (Lipinski definition) is 1. The number of ketones is 1. The molecule has 4 heteroatoms. The van der Waals surface area contributed by atoms with Crippen molar-refractivity contribution < 1.29 is 14.3 Å². The summed E-state index contributed by atoms with van der Waals surface area (Å²) in [5.74, 6) is 0.696. The molecule has 1 saturated carbocycles. The highest BCUT2D eigenvalue weighted by atomic mass is 16.6. The zero-order valence-electron chi connectivity index (χ0n) is 11.3. The minimum atomic E-state index is -0.468. The van der Waals surface area contributed by atoms with Crippen molar-refractivity contribution in [3.8, 4) is 0 Å². The second kappa shape index (κ2) is 4.75. The standard InChI is InChI=1S/C14H21NO3/c1-14(2,3)18-13(17)15-11-6-9-4-5-12(16)8-10(9)7-11/h8-9,11H,4-7H2,1-3H3,(H,15,17)/t9-,11+/m0/s1. The van der Waals surface area contributed by atoms with Crippen LogP contribution < -0.4 is 5.32 Å². The molecule has 2 aliphatic rings. The fourth-order valence-corrected chi connectivity index (χ4v) is 2.69. The van der Waals surface area contributed by atoms with Crippen molar-refractivity contribution >= 4 is 11.9 Å². The van der Waals surface area contributed by atoms with Crippen molar-refractivity contribution in [1.29, 1.82) is 0 Å². The van der Waals surface area contributed by atoms with Crippen LogP contribution in [0.2, 0.25) is 0 Å². The van der Waals surface area contributed by atoms with Gasteiger partial charge in [-0.15, -0.1) is 0 Å². The second-order valence-electron chi connectivity index (χ2n) is 6.20. The smallest absolute Gasteiger partial charge is 0.407 e. The second-order valence-corrected chi connectivity index (χ2v) is 6.20. The van der Waals surface area contributed by atoms with E-state index in [9.17, 15) is 9.59 Å². The molecule has 0 spiro atoms. The largest absolute Gasteiger partial charge is 0.444 e. The van der Waals surface area contributed by atoms with Crippen molar-refractivity contribution in [1.82, 2.24) is 5.32 Å². The molecule has 1 fully saturated rings. The highest BCUT2D eigenvalue weighted by Gasteiger charge is 2.33. The van der Waals surface area contributed by atoms with Crippen LogP contribution in [0.25, 0.3) is 0 Å². The van der Waals surface area contributed by atoms with Crippen LogP contribution in [-0.2, 0) is 9.53 Å². The third kappa shape index (κ3) is 3.34. The van der Waals surface area contributed by atoms with E-state index in [1.807, 2.05) is 20.8 Å². The molecule has 18 heavy (non-hydrogen) atoms. The molecular weight excluding hydrogens is 230 g/mol. The Kier molecular flexibility index (Phi) is 3.46. The molecule has 0 bridgehead atoms. The maximum absolute atomic E-state index is 11.7. The fourth-order valence-electron chi connectivity index (χ4n) is 2.69. The molecule has 0 radical (unpaired) electrons. The predicted molar refractivity (Wildman–Crippen MR) is 68.2 cm³/mol. The summed E-state index contributed by atoms with van der Waals surface area (Å²) < 4.78 is 5.24.